The summed E-state index contributed by atoms with van der Waals surface area (Å²) in [5.41, 5.74) is -1.54. The van der Waals surface area contributed by atoms with E-state index in [0.29, 0.717) is 12.8 Å². The van der Waals surface area contributed by atoms with Gasteiger partial charge in [0.25, 0.3) is 0 Å². The molecule has 3 aromatic rings. The number of anilines is 3. The summed E-state index contributed by atoms with van der Waals surface area (Å²) in [4.78, 5) is 7.92. The van der Waals surface area contributed by atoms with Gasteiger partial charge in [-0.25, -0.2) is 4.99 Å². The average Bonchev–Trinajstić information content (AvgIpc) is 3.16. The first-order valence-corrected chi connectivity index (χ1v) is 13.9. The van der Waals surface area contributed by atoms with Crippen LogP contribution >= 0.6 is 24.4 Å². The number of aryl methyl sites for hydroxylation is 2. The molecule has 1 aliphatic carbocycles. The number of benzene rings is 3. The molecule has 2 fully saturated rings. The summed E-state index contributed by atoms with van der Waals surface area (Å²) in [5.74, 6) is 0.267. The van der Waals surface area contributed by atoms with Crippen LogP contribution < -0.4 is 15.1 Å². The molecule has 1 N–H and O–H groups in total. The number of alkyl halides is 6. The van der Waals surface area contributed by atoms with Crippen LogP contribution in [-0.2, 0) is 12.4 Å². The summed E-state index contributed by atoms with van der Waals surface area (Å²) < 4.78 is 82.4. The van der Waals surface area contributed by atoms with E-state index in [2.05, 4.69) is 10.3 Å². The standard InChI is InChI=1S/C30H23F6N5S2/c1-17-4-9-21(10-5-17)41-27(43)40(22-11-6-18(2)23(15-22)29(31,32)33)25(28(41)12-3-13-28)39-26(42)38-20-8-7-19(16-37)24(14-20)30(34,35)36/h4-11,14-15H,3,12-13H2,1-2H3,(H,38,42)/b39-25+. The van der Waals surface area contributed by atoms with E-state index < -0.39 is 34.6 Å². The van der Waals surface area contributed by atoms with Gasteiger partial charge in [-0.3, -0.25) is 4.90 Å². The van der Waals surface area contributed by atoms with Crippen molar-refractivity contribution < 1.29 is 26.3 Å². The van der Waals surface area contributed by atoms with E-state index in [1.807, 2.05) is 36.1 Å². The Labute approximate surface area is 254 Å². The highest BCUT2D eigenvalue weighted by Gasteiger charge is 2.58. The smallest absolute Gasteiger partial charge is 0.331 e. The zero-order valence-electron chi connectivity index (χ0n) is 22.8. The molecule has 0 radical (unpaired) electrons. The predicted octanol–water partition coefficient (Wildman–Crippen LogP) is 8.54. The number of halogens is 6. The van der Waals surface area contributed by atoms with E-state index in [9.17, 15) is 26.3 Å². The molecule has 0 unspecified atom stereocenters. The maximum Gasteiger partial charge on any atom is 0.417 e. The Balaban J connectivity index is 1.63. The Bertz CT molecular complexity index is 1690. The second-order valence-corrected chi connectivity index (χ2v) is 11.2. The maximum atomic E-state index is 13.9. The Morgan fingerprint density at radius 3 is 2.09 bits per heavy atom. The number of thiocarbonyl (C=S) groups is 2. The van der Waals surface area contributed by atoms with Crippen molar-refractivity contribution in [3.8, 4) is 6.07 Å². The molecule has 43 heavy (non-hydrogen) atoms. The largest absolute Gasteiger partial charge is 0.417 e. The zero-order chi connectivity index (χ0) is 31.3. The molecule has 2 aliphatic rings. The number of amidine groups is 1. The van der Waals surface area contributed by atoms with E-state index in [-0.39, 0.29) is 33.0 Å². The van der Waals surface area contributed by atoms with Crippen molar-refractivity contribution in [2.45, 2.75) is 51.0 Å². The van der Waals surface area contributed by atoms with E-state index in [0.717, 1.165) is 35.9 Å². The van der Waals surface area contributed by atoms with Gasteiger partial charge in [0.2, 0.25) is 0 Å². The molecule has 0 aromatic heterocycles. The van der Waals surface area contributed by atoms with Crippen LogP contribution in [0.15, 0.2) is 65.7 Å². The lowest BCUT2D eigenvalue weighted by Crippen LogP contribution is -2.55. The molecule has 5 nitrogen and oxygen atoms in total. The van der Waals surface area contributed by atoms with Crippen LogP contribution in [0.5, 0.6) is 0 Å². The fourth-order valence-electron chi connectivity index (χ4n) is 5.33. The molecule has 0 bridgehead atoms. The summed E-state index contributed by atoms with van der Waals surface area (Å²) in [6.45, 7) is 3.29. The molecule has 1 saturated carbocycles. The SMILES string of the molecule is Cc1ccc(N2C(=S)N(c3ccc(C)c(C(F)(F)F)c3)/C(=N/C(=S)Nc3ccc(C#N)c(C(F)(F)F)c3)C23CCC3)cc1. The van der Waals surface area contributed by atoms with Gasteiger partial charge in [0.15, 0.2) is 10.2 Å². The molecule has 0 amide bonds. The quantitative estimate of drug-likeness (QED) is 0.231. The molecule has 1 aliphatic heterocycles. The van der Waals surface area contributed by atoms with Gasteiger partial charge in [0, 0.05) is 11.4 Å². The van der Waals surface area contributed by atoms with Gasteiger partial charge in [0.05, 0.1) is 28.4 Å². The number of aliphatic imine (C=N–C) groups is 1. The Hall–Kier alpha value is -4.02. The highest BCUT2D eigenvalue weighted by atomic mass is 32.1. The molecule has 0 atom stereocenters. The van der Waals surface area contributed by atoms with Crippen LogP contribution in [0, 0.1) is 25.2 Å². The molecule has 5 rings (SSSR count). The molecule has 1 saturated heterocycles. The van der Waals surface area contributed by atoms with Gasteiger partial charge in [-0.1, -0.05) is 23.8 Å². The molecule has 13 heteroatoms. The van der Waals surface area contributed by atoms with E-state index in [4.69, 9.17) is 29.7 Å². The minimum Gasteiger partial charge on any atom is -0.331 e. The minimum atomic E-state index is -4.78. The highest BCUT2D eigenvalue weighted by molar-refractivity contribution is 7.81. The van der Waals surface area contributed by atoms with Gasteiger partial charge < -0.3 is 10.2 Å². The van der Waals surface area contributed by atoms with Gasteiger partial charge >= 0.3 is 12.4 Å². The topological polar surface area (TPSA) is 54.7 Å². The Morgan fingerprint density at radius 1 is 0.907 bits per heavy atom. The lowest BCUT2D eigenvalue weighted by atomic mass is 9.74. The lowest BCUT2D eigenvalue weighted by molar-refractivity contribution is -0.138. The maximum absolute atomic E-state index is 13.9. The summed E-state index contributed by atoms with van der Waals surface area (Å²) in [6.07, 6.45) is -7.49. The Kier molecular flexibility index (Phi) is 7.73. The van der Waals surface area contributed by atoms with Crippen molar-refractivity contribution in [2.24, 2.45) is 4.99 Å². The van der Waals surface area contributed by atoms with Crippen molar-refractivity contribution in [3.63, 3.8) is 0 Å². The number of nitriles is 1. The molecule has 222 valence electrons. The van der Waals surface area contributed by atoms with Crippen molar-refractivity contribution in [3.05, 3.63) is 88.5 Å². The molecule has 1 spiro atoms. The van der Waals surface area contributed by atoms with Crippen LogP contribution in [-0.4, -0.2) is 21.6 Å². The average molecular weight is 632 g/mol. The fourth-order valence-corrected chi connectivity index (χ4v) is 6.01. The van der Waals surface area contributed by atoms with E-state index in [1.165, 1.54) is 36.1 Å². The van der Waals surface area contributed by atoms with Gasteiger partial charge in [0.1, 0.15) is 11.4 Å². The number of nitrogens with zero attached hydrogens (tertiary/aromatic N) is 4. The number of hydrogen-bond acceptors (Lipinski definition) is 3. The van der Waals surface area contributed by atoms with Crippen molar-refractivity contribution in [2.75, 3.05) is 15.1 Å². The summed E-state index contributed by atoms with van der Waals surface area (Å²) in [6, 6.07) is 16.0. The monoisotopic (exact) mass is 631 g/mol. The first-order valence-electron chi connectivity index (χ1n) is 13.1. The van der Waals surface area contributed by atoms with Gasteiger partial charge in [-0.2, -0.15) is 31.6 Å². The summed E-state index contributed by atoms with van der Waals surface area (Å²) in [7, 11) is 0. The van der Waals surface area contributed by atoms with E-state index >= 15 is 0 Å². The van der Waals surface area contributed by atoms with Crippen molar-refractivity contribution >= 4 is 57.6 Å². The number of hydrogen-bond donors (Lipinski definition) is 1. The van der Waals surface area contributed by atoms with Crippen LogP contribution in [0.3, 0.4) is 0 Å². The Morgan fingerprint density at radius 2 is 1.53 bits per heavy atom. The third-order valence-electron chi connectivity index (χ3n) is 7.60. The zero-order valence-corrected chi connectivity index (χ0v) is 24.4. The van der Waals surface area contributed by atoms with Gasteiger partial charge in [-0.15, -0.1) is 0 Å². The molecule has 1 heterocycles. The highest BCUT2D eigenvalue weighted by Crippen LogP contribution is 2.49. The van der Waals surface area contributed by atoms with E-state index in [1.54, 1.807) is 0 Å². The summed E-state index contributed by atoms with van der Waals surface area (Å²) in [5, 5.41) is 11.8. The second-order valence-electron chi connectivity index (χ2n) is 10.4. The fraction of sp³-hybridized carbons (Fsp3) is 0.267. The van der Waals surface area contributed by atoms with Crippen LogP contribution in [0.25, 0.3) is 0 Å². The molecular weight excluding hydrogens is 608 g/mol. The lowest BCUT2D eigenvalue weighted by Gasteiger charge is -2.44. The summed E-state index contributed by atoms with van der Waals surface area (Å²) >= 11 is 11.3. The number of rotatable bonds is 3. The third-order valence-corrected chi connectivity index (χ3v) is 8.16. The molecular formula is C30H23F6N5S2. The van der Waals surface area contributed by atoms with Gasteiger partial charge in [-0.05, 0) is 106 Å². The first-order chi connectivity index (χ1) is 20.2. The van der Waals surface area contributed by atoms with Crippen LogP contribution in [0.2, 0.25) is 0 Å². The van der Waals surface area contributed by atoms with Crippen molar-refractivity contribution in [1.82, 2.24) is 0 Å². The minimum absolute atomic E-state index is 0.0343. The predicted molar refractivity (Wildman–Crippen MR) is 161 cm³/mol. The van der Waals surface area contributed by atoms with Crippen molar-refractivity contribution in [1.29, 1.82) is 5.26 Å². The van der Waals surface area contributed by atoms with Crippen LogP contribution in [0.1, 0.15) is 47.1 Å². The normalized spacial score (nSPS) is 17.3. The number of nitrogens with one attached hydrogen (secondary N) is 1. The third kappa shape index (κ3) is 5.57. The first kappa shape index (κ1) is 30.4. The molecule has 3 aromatic carbocycles. The second kappa shape index (κ2) is 10.9. The van der Waals surface area contributed by atoms with Crippen LogP contribution in [0.4, 0.5) is 43.4 Å².